The van der Waals surface area contributed by atoms with Crippen LogP contribution >= 0.6 is 0 Å². The molecule has 16 heavy (non-hydrogen) atoms. The molecule has 2 aliphatic heterocycles. The number of rotatable bonds is 1. The largest absolute Gasteiger partial charge is 0.481 e. The molecule has 0 radical (unpaired) electrons. The Morgan fingerprint density at radius 1 is 1.38 bits per heavy atom. The second-order valence-corrected chi connectivity index (χ2v) is 5.76. The van der Waals surface area contributed by atoms with Gasteiger partial charge in [0.15, 0.2) is 0 Å². The van der Waals surface area contributed by atoms with E-state index in [0.29, 0.717) is 19.4 Å². The number of aliphatic carboxylic acids is 1. The van der Waals surface area contributed by atoms with Crippen LogP contribution in [0.15, 0.2) is 0 Å². The smallest absolute Gasteiger partial charge is 0.410 e. The van der Waals surface area contributed by atoms with Crippen molar-refractivity contribution in [3.63, 3.8) is 0 Å². The third kappa shape index (κ3) is 1.64. The van der Waals surface area contributed by atoms with Crippen molar-refractivity contribution in [1.82, 2.24) is 4.90 Å². The monoisotopic (exact) mass is 227 g/mol. The van der Waals surface area contributed by atoms with E-state index in [4.69, 9.17) is 9.84 Å². The highest BCUT2D eigenvalue weighted by Crippen LogP contribution is 2.52. The molecule has 1 saturated carbocycles. The normalized spacial score (nSPS) is 32.2. The minimum absolute atomic E-state index is 0.0611. The Bertz CT molecular complexity index is 338. The number of ether oxygens (including phenoxy) is 1. The fraction of sp³-hybridized carbons (Fsp3) is 0.818. The van der Waals surface area contributed by atoms with Crippen LogP contribution in [0.25, 0.3) is 0 Å². The highest BCUT2D eigenvalue weighted by atomic mass is 16.6. The zero-order valence-corrected chi connectivity index (χ0v) is 9.82. The quantitative estimate of drug-likeness (QED) is 0.736. The van der Waals surface area contributed by atoms with Crippen LogP contribution in [-0.2, 0) is 9.53 Å². The summed E-state index contributed by atoms with van der Waals surface area (Å²) in [5.41, 5.74) is -1.22. The van der Waals surface area contributed by atoms with Gasteiger partial charge in [-0.3, -0.25) is 4.79 Å². The minimum Gasteiger partial charge on any atom is -0.481 e. The van der Waals surface area contributed by atoms with Gasteiger partial charge in [0.25, 0.3) is 0 Å². The summed E-state index contributed by atoms with van der Waals surface area (Å²) >= 11 is 0. The standard InChI is InChI=1S/C11H17NO4/c1-10(2,3)16-9(15)12-6-11(8(13)14)4-7(12)5-11/h7H,4-6H2,1-3H3,(H,13,14). The molecule has 0 atom stereocenters. The molecule has 0 aromatic carbocycles. The maximum atomic E-state index is 11.8. The molecule has 0 spiro atoms. The van der Waals surface area contributed by atoms with Crippen LogP contribution in [0, 0.1) is 5.41 Å². The summed E-state index contributed by atoms with van der Waals surface area (Å²) in [5.74, 6) is -0.796. The lowest BCUT2D eigenvalue weighted by molar-refractivity contribution is -0.150. The Kier molecular flexibility index (Phi) is 2.19. The van der Waals surface area contributed by atoms with E-state index in [9.17, 15) is 9.59 Å². The second-order valence-electron chi connectivity index (χ2n) is 5.76. The fourth-order valence-electron chi connectivity index (χ4n) is 2.42. The number of hydrogen-bond donors (Lipinski definition) is 1. The Balaban J connectivity index is 2.00. The van der Waals surface area contributed by atoms with Crippen molar-refractivity contribution in [3.8, 4) is 0 Å². The van der Waals surface area contributed by atoms with Gasteiger partial charge in [0.2, 0.25) is 0 Å². The number of carboxylic acid groups (broad SMARTS) is 1. The molecule has 5 heteroatoms. The van der Waals surface area contributed by atoms with Crippen LogP contribution in [0.3, 0.4) is 0 Å². The second kappa shape index (κ2) is 3.12. The van der Waals surface area contributed by atoms with Gasteiger partial charge in [-0.25, -0.2) is 4.79 Å². The topological polar surface area (TPSA) is 66.8 Å². The third-order valence-electron chi connectivity index (χ3n) is 3.25. The molecule has 3 fully saturated rings. The lowest BCUT2D eigenvalue weighted by atomic mass is 9.70. The van der Waals surface area contributed by atoms with Gasteiger partial charge in [-0.2, -0.15) is 0 Å². The van der Waals surface area contributed by atoms with Crippen LogP contribution in [0.5, 0.6) is 0 Å². The van der Waals surface area contributed by atoms with Crippen LogP contribution < -0.4 is 0 Å². The molecule has 1 amide bonds. The molecule has 2 saturated heterocycles. The lowest BCUT2D eigenvalue weighted by Gasteiger charge is -2.33. The van der Waals surface area contributed by atoms with Crippen LogP contribution in [0.2, 0.25) is 0 Å². The molecule has 0 unspecified atom stereocenters. The summed E-state index contributed by atoms with van der Waals surface area (Å²) < 4.78 is 5.24. The van der Waals surface area contributed by atoms with Gasteiger partial charge in [-0.05, 0) is 33.6 Å². The van der Waals surface area contributed by atoms with E-state index in [2.05, 4.69) is 0 Å². The molecular formula is C11H17NO4. The van der Waals surface area contributed by atoms with Crippen molar-refractivity contribution < 1.29 is 19.4 Å². The molecule has 1 aliphatic carbocycles. The van der Waals surface area contributed by atoms with Gasteiger partial charge < -0.3 is 14.7 Å². The first-order valence-electron chi connectivity index (χ1n) is 5.47. The number of carboxylic acids is 1. The van der Waals surface area contributed by atoms with E-state index >= 15 is 0 Å². The molecule has 2 heterocycles. The van der Waals surface area contributed by atoms with E-state index in [1.54, 1.807) is 25.7 Å². The molecule has 0 aromatic rings. The molecule has 5 nitrogen and oxygen atoms in total. The van der Waals surface area contributed by atoms with Crippen molar-refractivity contribution in [3.05, 3.63) is 0 Å². The molecule has 3 rings (SSSR count). The van der Waals surface area contributed by atoms with Crippen molar-refractivity contribution in [2.75, 3.05) is 6.54 Å². The number of carbonyl (C=O) groups is 2. The van der Waals surface area contributed by atoms with E-state index < -0.39 is 23.1 Å². The van der Waals surface area contributed by atoms with E-state index in [1.165, 1.54) is 0 Å². The first kappa shape index (κ1) is 11.2. The lowest BCUT2D eigenvalue weighted by Crippen LogP contribution is -2.41. The molecule has 3 aliphatic rings. The fourth-order valence-corrected chi connectivity index (χ4v) is 2.42. The van der Waals surface area contributed by atoms with Crippen molar-refractivity contribution in [2.24, 2.45) is 5.41 Å². The Hall–Kier alpha value is -1.26. The highest BCUT2D eigenvalue weighted by molar-refractivity contribution is 5.81. The van der Waals surface area contributed by atoms with E-state index in [-0.39, 0.29) is 6.04 Å². The predicted octanol–water partition coefficient (Wildman–Crippen LogP) is 1.47. The summed E-state index contributed by atoms with van der Waals surface area (Å²) in [5, 5.41) is 9.06. The molecular weight excluding hydrogens is 210 g/mol. The summed E-state index contributed by atoms with van der Waals surface area (Å²) in [7, 11) is 0. The first-order valence-corrected chi connectivity index (χ1v) is 5.47. The van der Waals surface area contributed by atoms with Crippen LogP contribution in [0.1, 0.15) is 33.6 Å². The van der Waals surface area contributed by atoms with E-state index in [1.807, 2.05) is 0 Å². The van der Waals surface area contributed by atoms with Crippen LogP contribution in [-0.4, -0.2) is 40.3 Å². The maximum absolute atomic E-state index is 11.8. The summed E-state index contributed by atoms with van der Waals surface area (Å²) in [6, 6.07) is 0.0611. The van der Waals surface area contributed by atoms with Gasteiger partial charge in [0.1, 0.15) is 5.60 Å². The molecule has 0 aromatic heterocycles. The minimum atomic E-state index is -0.796. The average molecular weight is 227 g/mol. The van der Waals surface area contributed by atoms with Gasteiger partial charge in [0.05, 0.1) is 5.41 Å². The number of fused-ring (bicyclic) bond motifs is 1. The summed E-state index contributed by atoms with van der Waals surface area (Å²) in [4.78, 5) is 24.4. The summed E-state index contributed by atoms with van der Waals surface area (Å²) in [6.07, 6.45) is 0.751. The zero-order valence-electron chi connectivity index (χ0n) is 9.82. The molecule has 90 valence electrons. The van der Waals surface area contributed by atoms with Crippen molar-refractivity contribution in [1.29, 1.82) is 0 Å². The number of hydrogen-bond acceptors (Lipinski definition) is 3. The van der Waals surface area contributed by atoms with Crippen LogP contribution in [0.4, 0.5) is 4.79 Å². The highest BCUT2D eigenvalue weighted by Gasteiger charge is 2.61. The first-order chi connectivity index (χ1) is 7.23. The Labute approximate surface area is 94.4 Å². The van der Waals surface area contributed by atoms with Gasteiger partial charge in [-0.1, -0.05) is 0 Å². The number of carbonyl (C=O) groups excluding carboxylic acids is 1. The Morgan fingerprint density at radius 3 is 2.31 bits per heavy atom. The van der Waals surface area contributed by atoms with E-state index in [0.717, 1.165) is 0 Å². The number of nitrogens with zero attached hydrogens (tertiary/aromatic N) is 1. The van der Waals surface area contributed by atoms with Crippen molar-refractivity contribution in [2.45, 2.75) is 45.3 Å². The number of amides is 1. The third-order valence-corrected chi connectivity index (χ3v) is 3.25. The maximum Gasteiger partial charge on any atom is 0.410 e. The van der Waals surface area contributed by atoms with Gasteiger partial charge in [-0.15, -0.1) is 0 Å². The summed E-state index contributed by atoms with van der Waals surface area (Å²) in [6.45, 7) is 5.71. The Morgan fingerprint density at radius 2 is 1.94 bits per heavy atom. The predicted molar refractivity (Wildman–Crippen MR) is 56.0 cm³/mol. The van der Waals surface area contributed by atoms with Gasteiger partial charge in [0, 0.05) is 12.6 Å². The van der Waals surface area contributed by atoms with Gasteiger partial charge >= 0.3 is 12.1 Å². The SMILES string of the molecule is CC(C)(C)OC(=O)N1CC2(C(=O)O)CC1C2. The zero-order chi connectivity index (χ0) is 12.1. The molecule has 2 bridgehead atoms. The van der Waals surface area contributed by atoms with Crippen molar-refractivity contribution >= 4 is 12.1 Å². The molecule has 1 N–H and O–H groups in total. The average Bonchev–Trinajstić information content (AvgIpc) is 2.51.